The van der Waals surface area contributed by atoms with E-state index >= 15 is 0 Å². The molecule has 1 fully saturated rings. The molecule has 20 heavy (non-hydrogen) atoms. The topological polar surface area (TPSA) is 65.7 Å². The predicted molar refractivity (Wildman–Crippen MR) is 71.6 cm³/mol. The van der Waals surface area contributed by atoms with E-state index in [4.69, 9.17) is 13.9 Å². The largest absolute Gasteiger partial charge is 0.490 e. The van der Waals surface area contributed by atoms with Crippen LogP contribution in [0.5, 0.6) is 5.75 Å². The summed E-state index contributed by atoms with van der Waals surface area (Å²) < 4.78 is 15.7. The second-order valence-electron chi connectivity index (χ2n) is 4.60. The molecule has 3 rings (SSSR count). The van der Waals surface area contributed by atoms with Crippen LogP contribution in [0.1, 0.15) is 6.42 Å². The predicted octanol–water partition coefficient (Wildman–Crippen LogP) is 2.04. The Hall–Kier alpha value is -2.56. The first-order valence-electron chi connectivity index (χ1n) is 6.17. The van der Waals surface area contributed by atoms with Crippen LogP contribution >= 0.6 is 0 Å². The van der Waals surface area contributed by atoms with Crippen molar-refractivity contribution in [2.45, 2.75) is 12.5 Å². The number of rotatable bonds is 3. The molecule has 1 aliphatic rings. The Kier molecular flexibility index (Phi) is 3.02. The first-order chi connectivity index (χ1) is 9.61. The number of carbonyl (C=O) groups is 1. The van der Waals surface area contributed by atoms with Gasteiger partial charge < -0.3 is 13.9 Å². The third kappa shape index (κ3) is 2.42. The summed E-state index contributed by atoms with van der Waals surface area (Å²) >= 11 is 0. The van der Waals surface area contributed by atoms with Crippen LogP contribution in [0, 0.1) is 0 Å². The standard InChI is InChI=1S/C15H12O5/c1-9-6-12(19-15(9)17)8-18-11-4-2-10-3-5-14(16)20-13(10)7-11/h2-5,7,12H,1,6,8H2. The highest BCUT2D eigenvalue weighted by molar-refractivity contribution is 5.89. The zero-order valence-corrected chi connectivity index (χ0v) is 10.6. The molecular formula is C15H12O5. The van der Waals surface area contributed by atoms with Gasteiger partial charge in [-0.05, 0) is 18.2 Å². The summed E-state index contributed by atoms with van der Waals surface area (Å²) in [6, 6.07) is 8.27. The van der Waals surface area contributed by atoms with E-state index in [9.17, 15) is 9.59 Å². The Bertz CT molecular complexity index is 727. The van der Waals surface area contributed by atoms with Gasteiger partial charge in [0.2, 0.25) is 0 Å². The van der Waals surface area contributed by atoms with Crippen LogP contribution in [0.25, 0.3) is 11.0 Å². The van der Waals surface area contributed by atoms with Gasteiger partial charge in [0, 0.05) is 29.5 Å². The molecule has 0 radical (unpaired) electrons. The molecule has 1 aromatic carbocycles. The second-order valence-corrected chi connectivity index (χ2v) is 4.60. The molecule has 0 N–H and O–H groups in total. The SMILES string of the molecule is C=C1CC(COc2ccc3ccc(=O)oc3c2)OC1=O. The highest BCUT2D eigenvalue weighted by Gasteiger charge is 2.27. The monoisotopic (exact) mass is 272 g/mol. The number of carbonyl (C=O) groups excluding carboxylic acids is 1. The van der Waals surface area contributed by atoms with Crippen molar-refractivity contribution in [2.75, 3.05) is 6.61 Å². The molecule has 1 aliphatic heterocycles. The van der Waals surface area contributed by atoms with Crippen molar-refractivity contribution in [3.63, 3.8) is 0 Å². The van der Waals surface area contributed by atoms with Crippen molar-refractivity contribution in [1.29, 1.82) is 0 Å². The minimum atomic E-state index is -0.407. The van der Waals surface area contributed by atoms with Crippen molar-refractivity contribution in [3.8, 4) is 5.75 Å². The molecule has 1 saturated heterocycles. The van der Waals surface area contributed by atoms with Gasteiger partial charge in [0.15, 0.2) is 0 Å². The van der Waals surface area contributed by atoms with Crippen molar-refractivity contribution in [3.05, 3.63) is 52.9 Å². The summed E-state index contributed by atoms with van der Waals surface area (Å²) in [6.45, 7) is 3.85. The fourth-order valence-electron chi connectivity index (χ4n) is 2.05. The van der Waals surface area contributed by atoms with Crippen LogP contribution < -0.4 is 10.4 Å². The summed E-state index contributed by atoms with van der Waals surface area (Å²) in [5.41, 5.74) is 0.515. The van der Waals surface area contributed by atoms with Crippen LogP contribution in [0.15, 0.2) is 51.7 Å². The maximum Gasteiger partial charge on any atom is 0.336 e. The zero-order valence-electron chi connectivity index (χ0n) is 10.6. The quantitative estimate of drug-likeness (QED) is 0.486. The lowest BCUT2D eigenvalue weighted by molar-refractivity contribution is -0.139. The lowest BCUT2D eigenvalue weighted by Crippen LogP contribution is -2.17. The molecule has 0 spiro atoms. The minimum absolute atomic E-state index is 0.243. The van der Waals surface area contributed by atoms with E-state index in [1.807, 2.05) is 0 Å². The first kappa shape index (κ1) is 12.5. The van der Waals surface area contributed by atoms with E-state index < -0.39 is 5.63 Å². The van der Waals surface area contributed by atoms with Crippen LogP contribution in [0.2, 0.25) is 0 Å². The highest BCUT2D eigenvalue weighted by atomic mass is 16.6. The van der Waals surface area contributed by atoms with Crippen LogP contribution in [-0.2, 0) is 9.53 Å². The maximum atomic E-state index is 11.2. The van der Waals surface area contributed by atoms with E-state index in [2.05, 4.69) is 6.58 Å². The minimum Gasteiger partial charge on any atom is -0.490 e. The van der Waals surface area contributed by atoms with Crippen molar-refractivity contribution < 1.29 is 18.7 Å². The second kappa shape index (κ2) is 4.85. The third-order valence-electron chi connectivity index (χ3n) is 3.07. The van der Waals surface area contributed by atoms with Gasteiger partial charge >= 0.3 is 11.6 Å². The molecule has 1 atom stereocenters. The van der Waals surface area contributed by atoms with Crippen molar-refractivity contribution >= 4 is 16.9 Å². The molecule has 0 aliphatic carbocycles. The number of ether oxygens (including phenoxy) is 2. The molecule has 2 heterocycles. The average molecular weight is 272 g/mol. The summed E-state index contributed by atoms with van der Waals surface area (Å²) in [6.07, 6.45) is 0.162. The Morgan fingerprint density at radius 3 is 2.80 bits per heavy atom. The van der Waals surface area contributed by atoms with Gasteiger partial charge in [0.1, 0.15) is 24.0 Å². The lowest BCUT2D eigenvalue weighted by atomic mass is 10.2. The van der Waals surface area contributed by atoms with Gasteiger partial charge in [-0.1, -0.05) is 6.58 Å². The maximum absolute atomic E-state index is 11.2. The van der Waals surface area contributed by atoms with E-state index in [0.717, 1.165) is 5.39 Å². The Balaban J connectivity index is 1.73. The van der Waals surface area contributed by atoms with Gasteiger partial charge in [-0.2, -0.15) is 0 Å². The highest BCUT2D eigenvalue weighted by Crippen LogP contribution is 2.22. The summed E-state index contributed by atoms with van der Waals surface area (Å²) in [5, 5.41) is 0.817. The molecule has 0 amide bonds. The van der Waals surface area contributed by atoms with Gasteiger partial charge in [-0.3, -0.25) is 0 Å². The molecule has 0 saturated carbocycles. The van der Waals surface area contributed by atoms with Crippen LogP contribution in [-0.4, -0.2) is 18.7 Å². The molecule has 102 valence electrons. The average Bonchev–Trinajstić information content (AvgIpc) is 2.75. The lowest BCUT2D eigenvalue weighted by Gasteiger charge is -2.11. The molecule has 5 nitrogen and oxygen atoms in total. The van der Waals surface area contributed by atoms with Crippen LogP contribution in [0.3, 0.4) is 0 Å². The van der Waals surface area contributed by atoms with Gasteiger partial charge in [-0.25, -0.2) is 9.59 Å². The molecule has 1 unspecified atom stereocenters. The Morgan fingerprint density at radius 2 is 2.05 bits per heavy atom. The van der Waals surface area contributed by atoms with Crippen LogP contribution in [0.4, 0.5) is 0 Å². The van der Waals surface area contributed by atoms with Gasteiger partial charge in [0.25, 0.3) is 0 Å². The summed E-state index contributed by atoms with van der Waals surface area (Å²) in [4.78, 5) is 22.3. The third-order valence-corrected chi connectivity index (χ3v) is 3.07. The summed E-state index contributed by atoms with van der Waals surface area (Å²) in [7, 11) is 0. The number of hydrogen-bond acceptors (Lipinski definition) is 5. The van der Waals surface area contributed by atoms with E-state index in [1.54, 1.807) is 24.3 Å². The number of hydrogen-bond donors (Lipinski definition) is 0. The number of cyclic esters (lactones) is 1. The van der Waals surface area contributed by atoms with Crippen molar-refractivity contribution in [2.24, 2.45) is 0 Å². The molecular weight excluding hydrogens is 260 g/mol. The number of benzene rings is 1. The van der Waals surface area contributed by atoms with Crippen molar-refractivity contribution in [1.82, 2.24) is 0 Å². The fourth-order valence-corrected chi connectivity index (χ4v) is 2.05. The van der Waals surface area contributed by atoms with E-state index in [0.29, 0.717) is 23.3 Å². The molecule has 0 bridgehead atoms. The first-order valence-corrected chi connectivity index (χ1v) is 6.17. The smallest absolute Gasteiger partial charge is 0.336 e. The Labute approximate surface area is 114 Å². The zero-order chi connectivity index (χ0) is 14.1. The normalized spacial score (nSPS) is 18.3. The van der Waals surface area contributed by atoms with E-state index in [-0.39, 0.29) is 18.7 Å². The van der Waals surface area contributed by atoms with Gasteiger partial charge in [-0.15, -0.1) is 0 Å². The Morgan fingerprint density at radius 1 is 1.25 bits per heavy atom. The van der Waals surface area contributed by atoms with Gasteiger partial charge in [0.05, 0.1) is 0 Å². The molecule has 1 aromatic heterocycles. The number of fused-ring (bicyclic) bond motifs is 1. The summed E-state index contributed by atoms with van der Waals surface area (Å²) in [5.74, 6) is 0.184. The fraction of sp³-hybridized carbons (Fsp3) is 0.200. The molecule has 2 aromatic rings. The van der Waals surface area contributed by atoms with E-state index in [1.165, 1.54) is 6.07 Å². The number of esters is 1. The molecule has 5 heteroatoms.